The van der Waals surface area contributed by atoms with Gasteiger partial charge in [-0.1, -0.05) is 12.8 Å². The first-order valence-electron chi connectivity index (χ1n) is 6.93. The number of β-amino-alcohol motifs (C(OH)–C–C–N with tert-alkyl or cyclic N) is 1. The molecule has 0 aromatic carbocycles. The van der Waals surface area contributed by atoms with Crippen LogP contribution in [0.2, 0.25) is 0 Å². The largest absolute Gasteiger partial charge is 0.468 e. The van der Waals surface area contributed by atoms with Crippen LogP contribution in [-0.2, 0) is 9.53 Å². The van der Waals surface area contributed by atoms with Gasteiger partial charge in [0.05, 0.1) is 7.11 Å². The molecule has 0 aromatic heterocycles. The predicted octanol–water partition coefficient (Wildman–Crippen LogP) is 1.72. The second kappa shape index (κ2) is 5.89. The number of hydrogen-bond donors (Lipinski definition) is 1. The van der Waals surface area contributed by atoms with Crippen LogP contribution in [0.1, 0.15) is 32.1 Å². The summed E-state index contributed by atoms with van der Waals surface area (Å²) in [7, 11) is 1.24. The molecule has 4 nitrogen and oxygen atoms in total. The SMILES string of the molecule is COC(=O)[C@@H]1C[C@@H]2CCCC[C@H]2N1C[C@H](O)C(F)(F)F. The maximum Gasteiger partial charge on any atom is 0.415 e. The lowest BCUT2D eigenvalue weighted by Gasteiger charge is -2.34. The van der Waals surface area contributed by atoms with Gasteiger partial charge < -0.3 is 9.84 Å². The number of alkyl halides is 3. The topological polar surface area (TPSA) is 49.8 Å². The Morgan fingerprint density at radius 1 is 1.40 bits per heavy atom. The average molecular weight is 295 g/mol. The molecule has 0 amide bonds. The summed E-state index contributed by atoms with van der Waals surface area (Å²) in [4.78, 5) is 13.3. The lowest BCUT2D eigenvalue weighted by Crippen LogP contribution is -2.49. The summed E-state index contributed by atoms with van der Waals surface area (Å²) in [6.07, 6.45) is -2.84. The third-order valence-corrected chi connectivity index (χ3v) is 4.46. The molecule has 1 saturated carbocycles. The monoisotopic (exact) mass is 295 g/mol. The van der Waals surface area contributed by atoms with Crippen LogP contribution < -0.4 is 0 Å². The molecular weight excluding hydrogens is 275 g/mol. The van der Waals surface area contributed by atoms with Crippen LogP contribution in [0.5, 0.6) is 0 Å². The number of aliphatic hydroxyl groups excluding tert-OH is 1. The molecule has 2 fully saturated rings. The van der Waals surface area contributed by atoms with Crippen molar-refractivity contribution in [2.75, 3.05) is 13.7 Å². The number of esters is 1. The smallest absolute Gasteiger partial charge is 0.415 e. The number of likely N-dealkylation sites (tertiary alicyclic amines) is 1. The number of ether oxygens (including phenoxy) is 1. The Labute approximate surface area is 115 Å². The predicted molar refractivity (Wildman–Crippen MR) is 64.9 cm³/mol. The Hall–Kier alpha value is -0.820. The average Bonchev–Trinajstić information content (AvgIpc) is 2.76. The molecule has 0 unspecified atom stereocenters. The van der Waals surface area contributed by atoms with Gasteiger partial charge in [-0.25, -0.2) is 0 Å². The number of carbonyl (C=O) groups excluding carboxylic acids is 1. The van der Waals surface area contributed by atoms with Gasteiger partial charge in [0.25, 0.3) is 0 Å². The third kappa shape index (κ3) is 3.09. The number of halogens is 3. The normalized spacial score (nSPS) is 32.8. The zero-order chi connectivity index (χ0) is 14.9. The van der Waals surface area contributed by atoms with Gasteiger partial charge in [0.2, 0.25) is 0 Å². The number of rotatable bonds is 3. The number of hydrogen-bond acceptors (Lipinski definition) is 4. The lowest BCUT2D eigenvalue weighted by atomic mass is 9.84. The van der Waals surface area contributed by atoms with Crippen LogP contribution in [0.4, 0.5) is 13.2 Å². The highest BCUT2D eigenvalue weighted by Crippen LogP contribution is 2.40. The van der Waals surface area contributed by atoms with Crippen molar-refractivity contribution in [2.45, 2.75) is 56.5 Å². The summed E-state index contributed by atoms with van der Waals surface area (Å²) in [5, 5.41) is 9.29. The number of nitrogens with zero attached hydrogens (tertiary/aromatic N) is 1. The van der Waals surface area contributed by atoms with Crippen LogP contribution in [0.15, 0.2) is 0 Å². The maximum atomic E-state index is 12.5. The minimum absolute atomic E-state index is 0.0511. The Bertz CT molecular complexity index is 361. The third-order valence-electron chi connectivity index (χ3n) is 4.46. The molecule has 116 valence electrons. The molecule has 7 heteroatoms. The van der Waals surface area contributed by atoms with E-state index >= 15 is 0 Å². The summed E-state index contributed by atoms with van der Waals surface area (Å²) in [6.45, 7) is -0.551. The van der Waals surface area contributed by atoms with E-state index in [1.165, 1.54) is 12.0 Å². The van der Waals surface area contributed by atoms with Crippen molar-refractivity contribution < 1.29 is 27.8 Å². The molecule has 2 rings (SSSR count). The van der Waals surface area contributed by atoms with E-state index in [9.17, 15) is 23.1 Å². The maximum absolute atomic E-state index is 12.5. The van der Waals surface area contributed by atoms with E-state index in [2.05, 4.69) is 0 Å². The fourth-order valence-corrected chi connectivity index (χ4v) is 3.49. The van der Waals surface area contributed by atoms with E-state index in [0.717, 1.165) is 25.7 Å². The fraction of sp³-hybridized carbons (Fsp3) is 0.923. The van der Waals surface area contributed by atoms with Crippen LogP contribution in [0.25, 0.3) is 0 Å². The quantitative estimate of drug-likeness (QED) is 0.805. The summed E-state index contributed by atoms with van der Waals surface area (Å²) >= 11 is 0. The molecule has 1 aliphatic heterocycles. The van der Waals surface area contributed by atoms with E-state index in [4.69, 9.17) is 4.74 Å². The highest BCUT2D eigenvalue weighted by molar-refractivity contribution is 5.76. The molecule has 1 heterocycles. The molecule has 1 aliphatic carbocycles. The van der Waals surface area contributed by atoms with Crippen molar-refractivity contribution in [3.05, 3.63) is 0 Å². The van der Waals surface area contributed by atoms with Crippen LogP contribution in [-0.4, -0.2) is 54.0 Å². The minimum atomic E-state index is -4.66. The first kappa shape index (κ1) is 15.6. The summed E-state index contributed by atoms with van der Waals surface area (Å²) in [6, 6.07) is -0.713. The van der Waals surface area contributed by atoms with Gasteiger partial charge in [-0.2, -0.15) is 13.2 Å². The fourth-order valence-electron chi connectivity index (χ4n) is 3.49. The van der Waals surface area contributed by atoms with E-state index in [-0.39, 0.29) is 12.0 Å². The lowest BCUT2D eigenvalue weighted by molar-refractivity contribution is -0.211. The van der Waals surface area contributed by atoms with Crippen molar-refractivity contribution >= 4 is 5.97 Å². The number of carbonyl (C=O) groups is 1. The second-order valence-corrected chi connectivity index (χ2v) is 5.64. The van der Waals surface area contributed by atoms with E-state index in [1.54, 1.807) is 0 Å². The number of methoxy groups -OCH3 is 1. The van der Waals surface area contributed by atoms with Gasteiger partial charge in [-0.3, -0.25) is 9.69 Å². The first-order valence-corrected chi connectivity index (χ1v) is 6.93. The molecule has 2 aliphatic rings. The number of aliphatic hydroxyl groups is 1. The Balaban J connectivity index is 2.13. The van der Waals surface area contributed by atoms with Gasteiger partial charge in [0, 0.05) is 12.6 Å². The molecule has 4 atom stereocenters. The summed E-state index contributed by atoms with van der Waals surface area (Å²) in [5.74, 6) is -0.276. The highest BCUT2D eigenvalue weighted by Gasteiger charge is 2.49. The number of fused-ring (bicyclic) bond motifs is 1. The molecular formula is C13H20F3NO3. The van der Waals surface area contributed by atoms with Crippen molar-refractivity contribution in [1.29, 1.82) is 0 Å². The molecule has 0 radical (unpaired) electrons. The molecule has 20 heavy (non-hydrogen) atoms. The standard InChI is InChI=1S/C13H20F3NO3/c1-20-12(19)10-6-8-4-2-3-5-9(8)17(10)7-11(18)13(14,15)16/h8-11,18H,2-7H2,1H3/t8-,9+,10-,11-/m0/s1. The summed E-state index contributed by atoms with van der Waals surface area (Å²) in [5.41, 5.74) is 0. The van der Waals surface area contributed by atoms with Crippen molar-refractivity contribution in [2.24, 2.45) is 5.92 Å². The van der Waals surface area contributed by atoms with Crippen molar-refractivity contribution in [3.8, 4) is 0 Å². The first-order chi connectivity index (χ1) is 9.34. The van der Waals surface area contributed by atoms with Gasteiger partial charge in [0.15, 0.2) is 6.10 Å². The molecule has 1 N–H and O–H groups in total. The van der Waals surface area contributed by atoms with E-state index < -0.39 is 30.8 Å². The minimum Gasteiger partial charge on any atom is -0.468 e. The Morgan fingerprint density at radius 3 is 2.65 bits per heavy atom. The second-order valence-electron chi connectivity index (χ2n) is 5.64. The highest BCUT2D eigenvalue weighted by atomic mass is 19.4. The molecule has 0 spiro atoms. The van der Waals surface area contributed by atoms with E-state index in [0.29, 0.717) is 6.42 Å². The van der Waals surface area contributed by atoms with Crippen LogP contribution in [0, 0.1) is 5.92 Å². The zero-order valence-corrected chi connectivity index (χ0v) is 11.4. The zero-order valence-electron chi connectivity index (χ0n) is 11.4. The van der Waals surface area contributed by atoms with Gasteiger partial charge in [0.1, 0.15) is 6.04 Å². The van der Waals surface area contributed by atoms with Gasteiger partial charge in [-0.05, 0) is 25.2 Å². The molecule has 0 aromatic rings. The van der Waals surface area contributed by atoms with Gasteiger partial charge in [-0.15, -0.1) is 0 Å². The van der Waals surface area contributed by atoms with Crippen molar-refractivity contribution in [3.63, 3.8) is 0 Å². The summed E-state index contributed by atoms with van der Waals surface area (Å²) < 4.78 is 42.3. The Morgan fingerprint density at radius 2 is 2.05 bits per heavy atom. The van der Waals surface area contributed by atoms with Crippen LogP contribution in [0.3, 0.4) is 0 Å². The van der Waals surface area contributed by atoms with Crippen molar-refractivity contribution in [1.82, 2.24) is 4.90 Å². The molecule has 0 bridgehead atoms. The van der Waals surface area contributed by atoms with E-state index in [1.807, 2.05) is 0 Å². The molecule has 1 saturated heterocycles. The van der Waals surface area contributed by atoms with Gasteiger partial charge >= 0.3 is 12.1 Å². The van der Waals surface area contributed by atoms with Crippen LogP contribution >= 0.6 is 0 Å². The Kier molecular flexibility index (Phi) is 4.59.